The van der Waals surface area contributed by atoms with E-state index in [0.717, 1.165) is 45.8 Å². The minimum Gasteiger partial charge on any atom is -0.395 e. The highest BCUT2D eigenvalue weighted by Crippen LogP contribution is 2.12. The zero-order valence-electron chi connectivity index (χ0n) is 12.1. The van der Waals surface area contributed by atoms with Crippen molar-refractivity contribution in [3.63, 3.8) is 0 Å². The largest absolute Gasteiger partial charge is 0.395 e. The molecule has 1 fully saturated rings. The van der Waals surface area contributed by atoms with Crippen LogP contribution in [-0.2, 0) is 6.54 Å². The predicted octanol–water partition coefficient (Wildman–Crippen LogP) is 0.616. The Morgan fingerprint density at radius 2 is 1.74 bits per heavy atom. The SMILES string of the molecule is CC(C)c1cnn(CCN2CCN(CCO)CC2)c1. The first kappa shape index (κ1) is 14.5. The molecule has 0 spiro atoms. The van der Waals surface area contributed by atoms with Crippen molar-refractivity contribution in [2.45, 2.75) is 26.3 Å². The molecule has 5 nitrogen and oxygen atoms in total. The van der Waals surface area contributed by atoms with E-state index in [9.17, 15) is 0 Å². The van der Waals surface area contributed by atoms with Gasteiger partial charge in [0.1, 0.15) is 0 Å². The lowest BCUT2D eigenvalue weighted by Gasteiger charge is -2.34. The maximum atomic E-state index is 8.92. The highest BCUT2D eigenvalue weighted by atomic mass is 16.3. The van der Waals surface area contributed by atoms with Crippen LogP contribution in [0.25, 0.3) is 0 Å². The summed E-state index contributed by atoms with van der Waals surface area (Å²) in [6.45, 7) is 11.8. The highest BCUT2D eigenvalue weighted by molar-refractivity contribution is 5.08. The summed E-state index contributed by atoms with van der Waals surface area (Å²) in [5.41, 5.74) is 1.31. The van der Waals surface area contributed by atoms with Gasteiger partial charge in [-0.2, -0.15) is 5.10 Å². The second-order valence-corrected chi connectivity index (χ2v) is 5.60. The van der Waals surface area contributed by atoms with Crippen molar-refractivity contribution in [1.29, 1.82) is 0 Å². The highest BCUT2D eigenvalue weighted by Gasteiger charge is 2.15. The number of hydrogen-bond donors (Lipinski definition) is 1. The lowest BCUT2D eigenvalue weighted by atomic mass is 10.1. The Morgan fingerprint density at radius 3 is 2.26 bits per heavy atom. The molecule has 1 aromatic heterocycles. The molecule has 0 radical (unpaired) electrons. The fourth-order valence-corrected chi connectivity index (χ4v) is 2.42. The first-order valence-corrected chi connectivity index (χ1v) is 7.27. The first-order chi connectivity index (χ1) is 9.19. The molecule has 2 rings (SSSR count). The predicted molar refractivity (Wildman–Crippen MR) is 76.3 cm³/mol. The summed E-state index contributed by atoms with van der Waals surface area (Å²) >= 11 is 0. The van der Waals surface area contributed by atoms with Crippen molar-refractivity contribution in [3.8, 4) is 0 Å². The Bertz CT molecular complexity index is 369. The maximum Gasteiger partial charge on any atom is 0.0558 e. The van der Waals surface area contributed by atoms with Crippen molar-refractivity contribution < 1.29 is 5.11 Å². The van der Waals surface area contributed by atoms with Gasteiger partial charge < -0.3 is 5.11 Å². The summed E-state index contributed by atoms with van der Waals surface area (Å²) in [5.74, 6) is 0.552. The summed E-state index contributed by atoms with van der Waals surface area (Å²) < 4.78 is 2.05. The molecule has 1 aliphatic rings. The summed E-state index contributed by atoms with van der Waals surface area (Å²) in [4.78, 5) is 4.80. The third-order valence-electron chi connectivity index (χ3n) is 3.85. The van der Waals surface area contributed by atoms with Crippen LogP contribution in [0.5, 0.6) is 0 Å². The molecule has 0 saturated carbocycles. The van der Waals surface area contributed by atoms with Crippen LogP contribution in [0.15, 0.2) is 12.4 Å². The Balaban J connectivity index is 1.71. The standard InChI is InChI=1S/C14H26N4O/c1-13(2)14-11-15-18(12-14)8-7-16-3-5-17(6-4-16)9-10-19/h11-13,19H,3-10H2,1-2H3. The topological polar surface area (TPSA) is 44.5 Å². The van der Waals surface area contributed by atoms with Crippen LogP contribution < -0.4 is 0 Å². The monoisotopic (exact) mass is 266 g/mol. The van der Waals surface area contributed by atoms with Crippen molar-refractivity contribution in [2.75, 3.05) is 45.9 Å². The Hall–Kier alpha value is -0.910. The van der Waals surface area contributed by atoms with Gasteiger partial charge >= 0.3 is 0 Å². The van der Waals surface area contributed by atoms with Crippen LogP contribution in [0.1, 0.15) is 25.3 Å². The van der Waals surface area contributed by atoms with E-state index in [4.69, 9.17) is 5.11 Å². The van der Waals surface area contributed by atoms with E-state index in [1.807, 2.05) is 6.20 Å². The molecule has 5 heteroatoms. The number of nitrogens with zero attached hydrogens (tertiary/aromatic N) is 4. The van der Waals surface area contributed by atoms with Crippen LogP contribution in [0, 0.1) is 0 Å². The van der Waals surface area contributed by atoms with Crippen LogP contribution in [-0.4, -0.2) is 70.6 Å². The van der Waals surface area contributed by atoms with E-state index < -0.39 is 0 Å². The van der Waals surface area contributed by atoms with Gasteiger partial charge in [-0.25, -0.2) is 0 Å². The van der Waals surface area contributed by atoms with Gasteiger partial charge in [-0.05, 0) is 11.5 Å². The summed E-state index contributed by atoms with van der Waals surface area (Å²) in [6.07, 6.45) is 4.14. The summed E-state index contributed by atoms with van der Waals surface area (Å²) in [7, 11) is 0. The average Bonchev–Trinajstić information content (AvgIpc) is 2.87. The van der Waals surface area contributed by atoms with Crippen molar-refractivity contribution in [1.82, 2.24) is 19.6 Å². The first-order valence-electron chi connectivity index (χ1n) is 7.27. The van der Waals surface area contributed by atoms with E-state index >= 15 is 0 Å². The minimum absolute atomic E-state index is 0.269. The maximum absolute atomic E-state index is 8.92. The lowest BCUT2D eigenvalue weighted by Crippen LogP contribution is -2.47. The molecule has 1 saturated heterocycles. The number of aromatic nitrogens is 2. The third-order valence-corrected chi connectivity index (χ3v) is 3.85. The van der Waals surface area contributed by atoms with E-state index in [1.54, 1.807) is 0 Å². The molecule has 0 aliphatic carbocycles. The van der Waals surface area contributed by atoms with Gasteiger partial charge in [-0.1, -0.05) is 13.8 Å². The van der Waals surface area contributed by atoms with Gasteiger partial charge in [0, 0.05) is 45.5 Å². The van der Waals surface area contributed by atoms with Crippen molar-refractivity contribution in [3.05, 3.63) is 18.0 Å². The van der Waals surface area contributed by atoms with Gasteiger partial charge in [0.2, 0.25) is 0 Å². The van der Waals surface area contributed by atoms with Crippen LogP contribution >= 0.6 is 0 Å². The van der Waals surface area contributed by atoms with Gasteiger partial charge in [0.15, 0.2) is 0 Å². The molecule has 1 N–H and O–H groups in total. The molecule has 19 heavy (non-hydrogen) atoms. The fraction of sp³-hybridized carbons (Fsp3) is 0.786. The summed E-state index contributed by atoms with van der Waals surface area (Å²) in [5, 5.41) is 13.3. The molecule has 0 aromatic carbocycles. The molecule has 1 aromatic rings. The van der Waals surface area contributed by atoms with Crippen LogP contribution in [0.3, 0.4) is 0 Å². The quantitative estimate of drug-likeness (QED) is 0.820. The second kappa shape index (κ2) is 7.03. The van der Waals surface area contributed by atoms with E-state index in [2.05, 4.69) is 39.6 Å². The normalized spacial score (nSPS) is 18.3. The number of β-amino-alcohol motifs (C(OH)–C–C–N with tert-alkyl or cyclic N) is 1. The van der Waals surface area contributed by atoms with E-state index in [-0.39, 0.29) is 6.61 Å². The van der Waals surface area contributed by atoms with Gasteiger partial charge in [0.25, 0.3) is 0 Å². The molecule has 108 valence electrons. The fourth-order valence-electron chi connectivity index (χ4n) is 2.42. The smallest absolute Gasteiger partial charge is 0.0558 e. The Labute approximate surface area is 115 Å². The van der Waals surface area contributed by atoms with Gasteiger partial charge in [0.05, 0.1) is 19.3 Å². The number of piperazine rings is 1. The molecule has 0 amide bonds. The zero-order chi connectivity index (χ0) is 13.7. The second-order valence-electron chi connectivity index (χ2n) is 5.60. The summed E-state index contributed by atoms with van der Waals surface area (Å²) in [6, 6.07) is 0. The van der Waals surface area contributed by atoms with Gasteiger partial charge in [-0.3, -0.25) is 14.5 Å². The van der Waals surface area contributed by atoms with Crippen LogP contribution in [0.4, 0.5) is 0 Å². The molecular weight excluding hydrogens is 240 g/mol. The van der Waals surface area contributed by atoms with E-state index in [0.29, 0.717) is 5.92 Å². The Morgan fingerprint density at radius 1 is 1.11 bits per heavy atom. The van der Waals surface area contributed by atoms with Crippen molar-refractivity contribution in [2.24, 2.45) is 0 Å². The van der Waals surface area contributed by atoms with Crippen LogP contribution in [0.2, 0.25) is 0 Å². The van der Waals surface area contributed by atoms with E-state index in [1.165, 1.54) is 5.56 Å². The Kier molecular flexibility index (Phi) is 5.36. The lowest BCUT2D eigenvalue weighted by molar-refractivity contribution is 0.109. The molecular formula is C14H26N4O. The molecule has 0 atom stereocenters. The van der Waals surface area contributed by atoms with Crippen molar-refractivity contribution >= 4 is 0 Å². The number of rotatable bonds is 6. The molecule has 2 heterocycles. The molecule has 0 bridgehead atoms. The van der Waals surface area contributed by atoms with Gasteiger partial charge in [-0.15, -0.1) is 0 Å². The third kappa shape index (κ3) is 4.30. The minimum atomic E-state index is 0.269. The average molecular weight is 266 g/mol. The molecule has 1 aliphatic heterocycles. The number of hydrogen-bond acceptors (Lipinski definition) is 4. The molecule has 0 unspecified atom stereocenters. The zero-order valence-corrected chi connectivity index (χ0v) is 12.1. The number of aliphatic hydroxyl groups is 1. The number of aliphatic hydroxyl groups excluding tert-OH is 1.